The number of fused-ring (bicyclic) bond motifs is 1. The molecule has 0 N–H and O–H groups in total. The Morgan fingerprint density at radius 1 is 0.385 bits per heavy atom. The summed E-state index contributed by atoms with van der Waals surface area (Å²) in [5.74, 6) is 0. The molecule has 0 heterocycles. The van der Waals surface area contributed by atoms with E-state index in [-0.39, 0.29) is 51.4 Å². The van der Waals surface area contributed by atoms with Gasteiger partial charge in [-0.1, -0.05) is 48.5 Å². The fourth-order valence-corrected chi connectivity index (χ4v) is 1.13. The van der Waals surface area contributed by atoms with Crippen LogP contribution >= 0.6 is 0 Å². The van der Waals surface area contributed by atoms with E-state index in [2.05, 4.69) is 48.5 Å². The van der Waals surface area contributed by atoms with Crippen molar-refractivity contribution in [1.82, 2.24) is 0 Å². The molecule has 0 amide bonds. The first-order valence-electron chi connectivity index (χ1n) is 6.02. The summed E-state index contributed by atoms with van der Waals surface area (Å²) in [6, 6.07) is 16.7. The Bertz CT molecular complexity index is 486. The molecule has 16 heteroatoms. The first kappa shape index (κ1) is 30.4. The van der Waals surface area contributed by atoms with E-state index in [4.69, 9.17) is 0 Å². The quantitative estimate of drug-likeness (QED) is 0.352. The molecule has 0 aliphatic heterocycles. The Kier molecular flexibility index (Phi) is 16.1. The molecule has 0 nitrogen and oxygen atoms in total. The molecule has 26 heavy (non-hydrogen) atoms. The summed E-state index contributed by atoms with van der Waals surface area (Å²) in [6.45, 7) is 0. The van der Waals surface area contributed by atoms with E-state index in [1.54, 1.807) is 0 Å². The smallest absolute Gasteiger partial charge is 0.0184 e. The molecule has 2 aromatic carbocycles. The van der Waals surface area contributed by atoms with Crippen LogP contribution in [0.4, 0.5) is 51.8 Å². The molecule has 0 fully saturated rings. The van der Waals surface area contributed by atoms with Gasteiger partial charge in [0.2, 0.25) is 0 Å². The fourth-order valence-electron chi connectivity index (χ4n) is 1.13. The van der Waals surface area contributed by atoms with Crippen molar-refractivity contribution in [1.29, 1.82) is 0 Å². The van der Waals surface area contributed by atoms with Gasteiger partial charge in [-0.25, -0.2) is 0 Å². The monoisotopic (exact) mass is 429 g/mol. The van der Waals surface area contributed by atoms with Gasteiger partial charge in [-0.05, 0) is 10.8 Å². The normalized spacial score (nSPS) is 10.8. The molecule has 0 radical (unpaired) electrons. The van der Waals surface area contributed by atoms with Gasteiger partial charge in [-0.3, -0.25) is 0 Å². The average Bonchev–Trinajstić information content (AvgIpc) is 2.33. The standard InChI is InChI=1S/C10H8.3BF4.K.H/c1-2-6-10-8-4-3-7-9(10)5-1;3*2-1(3,4)5;;/h1-8H;;;;;/q;3*-1;;. The van der Waals surface area contributed by atoms with Crippen LogP contribution in [0.15, 0.2) is 48.5 Å². The molecular weight excluding hydrogens is 420 g/mol. The SMILES string of the molecule is F[B-](F)(F)F.F[B-](F)(F)F.F[B-](F)(F)F.[KH].c1ccc2ccccc2c1. The van der Waals surface area contributed by atoms with E-state index < -0.39 is 21.8 Å². The number of hydrogen-bond donors (Lipinski definition) is 0. The maximum absolute atomic E-state index is 9.75. The Morgan fingerprint density at radius 2 is 0.500 bits per heavy atom. The van der Waals surface area contributed by atoms with Crippen molar-refractivity contribution >= 4 is 83.9 Å². The van der Waals surface area contributed by atoms with Crippen LogP contribution in [-0.2, 0) is 0 Å². The van der Waals surface area contributed by atoms with Crippen molar-refractivity contribution in [3.05, 3.63) is 48.5 Å². The number of hydrogen-bond acceptors (Lipinski definition) is 0. The first-order valence-corrected chi connectivity index (χ1v) is 6.02. The third-order valence-electron chi connectivity index (χ3n) is 1.66. The molecule has 0 aliphatic carbocycles. The van der Waals surface area contributed by atoms with Gasteiger partial charge in [0.1, 0.15) is 0 Å². The van der Waals surface area contributed by atoms with Crippen molar-refractivity contribution in [2.75, 3.05) is 0 Å². The zero-order valence-corrected chi connectivity index (χ0v) is 11.9. The van der Waals surface area contributed by atoms with Crippen LogP contribution in [0.1, 0.15) is 0 Å². The summed E-state index contributed by atoms with van der Waals surface area (Å²) in [6.07, 6.45) is 0. The van der Waals surface area contributed by atoms with Crippen LogP contribution in [0.5, 0.6) is 0 Å². The van der Waals surface area contributed by atoms with E-state index in [1.165, 1.54) is 10.8 Å². The summed E-state index contributed by atoms with van der Waals surface area (Å²) < 4.78 is 117. The fraction of sp³-hybridized carbons (Fsp3) is 0. The molecule has 0 saturated carbocycles. The van der Waals surface area contributed by atoms with Crippen LogP contribution < -0.4 is 0 Å². The zero-order chi connectivity index (χ0) is 20.3. The van der Waals surface area contributed by atoms with Crippen molar-refractivity contribution in [2.24, 2.45) is 0 Å². The molecule has 0 aromatic heterocycles. The molecule has 2 rings (SSSR count). The summed E-state index contributed by atoms with van der Waals surface area (Å²) in [5, 5.41) is 2.62. The van der Waals surface area contributed by atoms with Crippen molar-refractivity contribution in [2.45, 2.75) is 0 Å². The van der Waals surface area contributed by atoms with E-state index in [9.17, 15) is 51.8 Å². The van der Waals surface area contributed by atoms with Gasteiger partial charge in [0.05, 0.1) is 0 Å². The van der Waals surface area contributed by atoms with Gasteiger partial charge >= 0.3 is 73.1 Å². The minimum Gasteiger partial charge on any atom is -0.0616 e. The Balaban J connectivity index is -0.000000290. The van der Waals surface area contributed by atoms with Crippen molar-refractivity contribution in [3.8, 4) is 0 Å². The van der Waals surface area contributed by atoms with Crippen LogP contribution in [0.3, 0.4) is 0 Å². The second-order valence-electron chi connectivity index (χ2n) is 3.83. The van der Waals surface area contributed by atoms with Crippen LogP contribution in [-0.4, -0.2) is 73.1 Å². The van der Waals surface area contributed by atoms with Gasteiger partial charge in [0.15, 0.2) is 0 Å². The molecule has 2 aromatic rings. The van der Waals surface area contributed by atoms with Crippen LogP contribution in [0.2, 0.25) is 0 Å². The Hall–Kier alpha value is -0.309. The number of rotatable bonds is 0. The minimum atomic E-state index is -6.00. The molecule has 0 bridgehead atoms. The van der Waals surface area contributed by atoms with Crippen molar-refractivity contribution in [3.63, 3.8) is 0 Å². The molecule has 146 valence electrons. The van der Waals surface area contributed by atoms with Crippen LogP contribution in [0, 0.1) is 0 Å². The zero-order valence-electron chi connectivity index (χ0n) is 11.9. The summed E-state index contributed by atoms with van der Waals surface area (Å²) in [4.78, 5) is 0. The maximum atomic E-state index is 9.75. The van der Waals surface area contributed by atoms with Gasteiger partial charge in [-0.2, -0.15) is 0 Å². The van der Waals surface area contributed by atoms with Gasteiger partial charge in [-0.15, -0.1) is 0 Å². The van der Waals surface area contributed by atoms with Crippen molar-refractivity contribution < 1.29 is 51.8 Å². The molecule has 0 spiro atoms. The number of halogens is 12. The largest absolute Gasteiger partial charge is 0.0616 e. The second kappa shape index (κ2) is 13.8. The Morgan fingerprint density at radius 3 is 0.615 bits per heavy atom. The summed E-state index contributed by atoms with van der Waals surface area (Å²) >= 11 is 0. The minimum absolute atomic E-state index is 0. The van der Waals surface area contributed by atoms with Gasteiger partial charge < -0.3 is 51.8 Å². The average molecular weight is 429 g/mol. The molecule has 0 saturated heterocycles. The van der Waals surface area contributed by atoms with Gasteiger partial charge in [0.25, 0.3) is 0 Å². The second-order valence-corrected chi connectivity index (χ2v) is 3.83. The van der Waals surface area contributed by atoms with E-state index in [1.807, 2.05) is 0 Å². The predicted molar refractivity (Wildman–Crippen MR) is 81.7 cm³/mol. The third kappa shape index (κ3) is 39.0. The van der Waals surface area contributed by atoms with Crippen LogP contribution in [0.25, 0.3) is 10.8 Å². The molecular formula is C10H9B3F12K-3. The van der Waals surface area contributed by atoms with Gasteiger partial charge in [0, 0.05) is 0 Å². The first-order chi connectivity index (χ1) is 11.0. The van der Waals surface area contributed by atoms with E-state index in [0.29, 0.717) is 0 Å². The van der Waals surface area contributed by atoms with E-state index in [0.717, 1.165) is 0 Å². The summed E-state index contributed by atoms with van der Waals surface area (Å²) in [7, 11) is -18.0. The predicted octanol–water partition coefficient (Wildman–Crippen LogP) is 6.09. The number of benzene rings is 2. The van der Waals surface area contributed by atoms with E-state index >= 15 is 0 Å². The topological polar surface area (TPSA) is 0 Å². The molecule has 0 atom stereocenters. The molecule has 0 aliphatic rings. The maximum Gasteiger partial charge on any atom is -0.0184 e. The summed E-state index contributed by atoms with van der Waals surface area (Å²) in [5.41, 5.74) is 0. The Labute approximate surface area is 183 Å². The third-order valence-corrected chi connectivity index (χ3v) is 1.66. The molecule has 0 unspecified atom stereocenters.